The van der Waals surface area contributed by atoms with Crippen molar-refractivity contribution in [2.24, 2.45) is 0 Å². The van der Waals surface area contributed by atoms with Crippen LogP contribution in [0, 0.1) is 20.8 Å². The van der Waals surface area contributed by atoms with Gasteiger partial charge in [0.2, 0.25) is 5.91 Å². The predicted octanol–water partition coefficient (Wildman–Crippen LogP) is 5.16. The van der Waals surface area contributed by atoms with Gasteiger partial charge in [0.05, 0.1) is 23.5 Å². The van der Waals surface area contributed by atoms with E-state index in [-0.39, 0.29) is 17.5 Å². The van der Waals surface area contributed by atoms with Crippen LogP contribution < -0.4 is 5.32 Å². The Morgan fingerprint density at radius 1 is 1.10 bits per heavy atom. The monoisotopic (exact) mass is 404 g/mol. The number of hydrogen-bond donors (Lipinski definition) is 1. The number of nitrogens with one attached hydrogen (secondary N) is 1. The zero-order chi connectivity index (χ0) is 20.5. The standard InChI is InChI=1S/C23H21ClN4O/c1-14-8-10-28-19(13-21(29)26-18-5-4-9-25-23(18)24)22(27-20(28)11-14)17-7-6-15(2)16(3)12-17/h4-12H,13H2,1-3H3,(H,26,29). The summed E-state index contributed by atoms with van der Waals surface area (Å²) in [6.45, 7) is 6.19. The van der Waals surface area contributed by atoms with E-state index in [0.29, 0.717) is 5.69 Å². The van der Waals surface area contributed by atoms with Crippen LogP contribution in [0.1, 0.15) is 22.4 Å². The third-order valence-electron chi connectivity index (χ3n) is 5.02. The number of nitrogens with zero attached hydrogens (tertiary/aromatic N) is 3. The molecule has 1 N–H and O–H groups in total. The molecule has 0 fully saturated rings. The number of imidazole rings is 1. The molecule has 146 valence electrons. The molecule has 29 heavy (non-hydrogen) atoms. The molecule has 0 saturated carbocycles. The maximum absolute atomic E-state index is 12.8. The van der Waals surface area contributed by atoms with Crippen molar-refractivity contribution < 1.29 is 4.79 Å². The Morgan fingerprint density at radius 3 is 2.69 bits per heavy atom. The average molecular weight is 405 g/mol. The molecule has 0 aliphatic carbocycles. The molecule has 4 rings (SSSR count). The van der Waals surface area contributed by atoms with Crippen molar-refractivity contribution in [3.8, 4) is 11.3 Å². The van der Waals surface area contributed by atoms with Gasteiger partial charge in [0, 0.05) is 18.0 Å². The van der Waals surface area contributed by atoms with Crippen molar-refractivity contribution in [1.29, 1.82) is 0 Å². The number of fused-ring (bicyclic) bond motifs is 1. The van der Waals surface area contributed by atoms with Gasteiger partial charge in [-0.3, -0.25) is 4.79 Å². The largest absolute Gasteiger partial charge is 0.323 e. The number of carbonyl (C=O) groups excluding carboxylic acids is 1. The van der Waals surface area contributed by atoms with Crippen molar-refractivity contribution in [3.63, 3.8) is 0 Å². The van der Waals surface area contributed by atoms with Gasteiger partial charge < -0.3 is 9.72 Å². The second kappa shape index (κ2) is 7.68. The van der Waals surface area contributed by atoms with Crippen LogP contribution in [0.15, 0.2) is 54.9 Å². The molecule has 3 aromatic heterocycles. The first kappa shape index (κ1) is 19.2. The summed E-state index contributed by atoms with van der Waals surface area (Å²) in [6, 6.07) is 13.7. The summed E-state index contributed by atoms with van der Waals surface area (Å²) >= 11 is 6.08. The van der Waals surface area contributed by atoms with Gasteiger partial charge in [-0.2, -0.15) is 0 Å². The molecular weight excluding hydrogens is 384 g/mol. The SMILES string of the molecule is Cc1ccn2c(CC(=O)Nc3cccnc3Cl)c(-c3ccc(C)c(C)c3)nc2c1. The lowest BCUT2D eigenvalue weighted by molar-refractivity contribution is -0.115. The van der Waals surface area contributed by atoms with Crippen LogP contribution >= 0.6 is 11.6 Å². The smallest absolute Gasteiger partial charge is 0.230 e. The summed E-state index contributed by atoms with van der Waals surface area (Å²) in [5.41, 5.74) is 7.49. The number of pyridine rings is 2. The van der Waals surface area contributed by atoms with Crippen LogP contribution in [-0.2, 0) is 11.2 Å². The number of halogens is 1. The molecule has 4 aromatic rings. The minimum Gasteiger partial charge on any atom is -0.323 e. The normalized spacial score (nSPS) is 11.0. The van der Waals surface area contributed by atoms with Gasteiger partial charge in [0.1, 0.15) is 5.65 Å². The van der Waals surface area contributed by atoms with Crippen molar-refractivity contribution in [1.82, 2.24) is 14.4 Å². The van der Waals surface area contributed by atoms with Crippen LogP contribution in [0.25, 0.3) is 16.9 Å². The first-order valence-electron chi connectivity index (χ1n) is 9.38. The van der Waals surface area contributed by atoms with Crippen LogP contribution in [0.2, 0.25) is 5.15 Å². The molecule has 5 nitrogen and oxygen atoms in total. The molecule has 0 unspecified atom stereocenters. The number of amides is 1. The minimum atomic E-state index is -0.174. The topological polar surface area (TPSA) is 59.3 Å². The summed E-state index contributed by atoms with van der Waals surface area (Å²) in [7, 11) is 0. The fourth-order valence-corrected chi connectivity index (χ4v) is 3.48. The van der Waals surface area contributed by atoms with Gasteiger partial charge >= 0.3 is 0 Å². The molecule has 3 heterocycles. The van der Waals surface area contributed by atoms with Crippen LogP contribution in [0.4, 0.5) is 5.69 Å². The van der Waals surface area contributed by atoms with Crippen LogP contribution in [0.3, 0.4) is 0 Å². The maximum atomic E-state index is 12.8. The molecule has 0 saturated heterocycles. The van der Waals surface area contributed by atoms with E-state index < -0.39 is 0 Å². The fourth-order valence-electron chi connectivity index (χ4n) is 3.31. The molecule has 0 bridgehead atoms. The fraction of sp³-hybridized carbons (Fsp3) is 0.174. The number of anilines is 1. The zero-order valence-corrected chi connectivity index (χ0v) is 17.3. The third-order valence-corrected chi connectivity index (χ3v) is 5.32. The summed E-state index contributed by atoms with van der Waals surface area (Å²) < 4.78 is 1.97. The number of carbonyl (C=O) groups is 1. The molecule has 1 amide bonds. The highest BCUT2D eigenvalue weighted by Crippen LogP contribution is 2.28. The number of benzene rings is 1. The van der Waals surface area contributed by atoms with E-state index in [4.69, 9.17) is 16.6 Å². The zero-order valence-electron chi connectivity index (χ0n) is 16.5. The molecule has 6 heteroatoms. The van der Waals surface area contributed by atoms with Gasteiger partial charge in [-0.15, -0.1) is 0 Å². The van der Waals surface area contributed by atoms with Crippen molar-refractivity contribution in [2.75, 3.05) is 5.32 Å². The predicted molar refractivity (Wildman–Crippen MR) is 116 cm³/mol. The lowest BCUT2D eigenvalue weighted by atomic mass is 10.0. The molecule has 0 aliphatic rings. The average Bonchev–Trinajstić information content (AvgIpc) is 3.03. The van der Waals surface area contributed by atoms with Gasteiger partial charge in [0.15, 0.2) is 5.15 Å². The number of hydrogen-bond acceptors (Lipinski definition) is 3. The molecule has 0 aliphatic heterocycles. The second-order valence-electron chi connectivity index (χ2n) is 7.21. The molecule has 1 aromatic carbocycles. The highest BCUT2D eigenvalue weighted by Gasteiger charge is 2.18. The first-order valence-corrected chi connectivity index (χ1v) is 9.76. The Balaban J connectivity index is 1.76. The number of aromatic nitrogens is 3. The van der Waals surface area contributed by atoms with Crippen molar-refractivity contribution in [2.45, 2.75) is 27.2 Å². The molecular formula is C23H21ClN4O. The Morgan fingerprint density at radius 2 is 1.93 bits per heavy atom. The quantitative estimate of drug-likeness (QED) is 0.478. The van der Waals surface area contributed by atoms with E-state index in [1.807, 2.05) is 29.7 Å². The second-order valence-corrected chi connectivity index (χ2v) is 7.56. The van der Waals surface area contributed by atoms with Crippen molar-refractivity contribution in [3.05, 3.63) is 82.4 Å². The van der Waals surface area contributed by atoms with Crippen molar-refractivity contribution >= 4 is 28.8 Å². The Hall–Kier alpha value is -3.18. The highest BCUT2D eigenvalue weighted by atomic mass is 35.5. The molecule has 0 spiro atoms. The number of rotatable bonds is 4. The lowest BCUT2D eigenvalue weighted by Gasteiger charge is -2.09. The summed E-state index contributed by atoms with van der Waals surface area (Å²) in [4.78, 5) is 21.7. The number of aryl methyl sites for hydroxylation is 3. The minimum absolute atomic E-state index is 0.164. The highest BCUT2D eigenvalue weighted by molar-refractivity contribution is 6.32. The van der Waals surface area contributed by atoms with E-state index in [1.165, 1.54) is 11.1 Å². The van der Waals surface area contributed by atoms with E-state index in [2.05, 4.69) is 42.3 Å². The summed E-state index contributed by atoms with van der Waals surface area (Å²) in [6.07, 6.45) is 3.71. The van der Waals surface area contributed by atoms with E-state index in [1.54, 1.807) is 18.3 Å². The van der Waals surface area contributed by atoms with E-state index in [0.717, 1.165) is 28.2 Å². The van der Waals surface area contributed by atoms with Gasteiger partial charge in [-0.25, -0.2) is 9.97 Å². The first-order chi connectivity index (χ1) is 13.9. The molecule has 0 radical (unpaired) electrons. The van der Waals surface area contributed by atoms with Gasteiger partial charge in [0.25, 0.3) is 0 Å². The Bertz CT molecular complexity index is 1230. The molecule has 0 atom stereocenters. The lowest BCUT2D eigenvalue weighted by Crippen LogP contribution is -2.16. The summed E-state index contributed by atoms with van der Waals surface area (Å²) in [5, 5.41) is 3.12. The Kier molecular flexibility index (Phi) is 5.07. The van der Waals surface area contributed by atoms with Gasteiger partial charge in [-0.05, 0) is 67.8 Å². The van der Waals surface area contributed by atoms with Gasteiger partial charge in [-0.1, -0.05) is 23.7 Å². The van der Waals surface area contributed by atoms with E-state index in [9.17, 15) is 4.79 Å². The van der Waals surface area contributed by atoms with Crippen LogP contribution in [-0.4, -0.2) is 20.3 Å². The maximum Gasteiger partial charge on any atom is 0.230 e. The van der Waals surface area contributed by atoms with E-state index >= 15 is 0 Å². The third kappa shape index (κ3) is 3.87. The van der Waals surface area contributed by atoms with Crippen LogP contribution in [0.5, 0.6) is 0 Å². The summed E-state index contributed by atoms with van der Waals surface area (Å²) in [5.74, 6) is -0.174. The Labute approximate surface area is 174 Å².